The number of morpholine rings is 1. The zero-order valence-corrected chi connectivity index (χ0v) is 15.0. The number of hydrogen-bond acceptors (Lipinski definition) is 4. The lowest BCUT2D eigenvalue weighted by molar-refractivity contribution is -0.0295. The number of nitrogens with zero attached hydrogens (tertiary/aromatic N) is 1. The molecule has 1 aliphatic rings. The van der Waals surface area contributed by atoms with Crippen molar-refractivity contribution in [1.82, 2.24) is 10.2 Å². The largest absolute Gasteiger partial charge is 0.374 e. The van der Waals surface area contributed by atoms with E-state index in [4.69, 9.17) is 4.74 Å². The van der Waals surface area contributed by atoms with Crippen molar-refractivity contribution < 1.29 is 9.53 Å². The van der Waals surface area contributed by atoms with Crippen LogP contribution in [0.5, 0.6) is 0 Å². The molecule has 0 saturated carbocycles. The quantitative estimate of drug-likeness (QED) is 0.875. The maximum Gasteiger partial charge on any atom is 0.261 e. The van der Waals surface area contributed by atoms with Crippen molar-refractivity contribution in [3.63, 3.8) is 0 Å². The van der Waals surface area contributed by atoms with Crippen LogP contribution >= 0.6 is 11.3 Å². The zero-order valence-electron chi connectivity index (χ0n) is 14.1. The smallest absolute Gasteiger partial charge is 0.261 e. The highest BCUT2D eigenvalue weighted by Gasteiger charge is 2.22. The lowest BCUT2D eigenvalue weighted by atomic mass is 10.2. The number of aryl methyl sites for hydroxylation is 2. The molecular weight excluding hydrogens is 296 g/mol. The van der Waals surface area contributed by atoms with Crippen molar-refractivity contribution in [3.05, 3.63) is 21.4 Å². The van der Waals surface area contributed by atoms with Crippen LogP contribution in [0.2, 0.25) is 0 Å². The molecule has 1 aromatic rings. The van der Waals surface area contributed by atoms with Gasteiger partial charge in [-0.2, -0.15) is 0 Å². The Labute approximate surface area is 137 Å². The summed E-state index contributed by atoms with van der Waals surface area (Å²) in [5.41, 5.74) is 1.27. The first-order valence-electron chi connectivity index (χ1n) is 8.21. The van der Waals surface area contributed by atoms with Crippen molar-refractivity contribution in [2.45, 2.75) is 40.2 Å². The number of hydrogen-bond donors (Lipinski definition) is 1. The molecule has 2 heterocycles. The molecule has 0 aliphatic carbocycles. The Bertz CT molecular complexity index is 499. The SMILES string of the molecule is CCc1cc(C(=O)NCC2CN(CC(C)C)CCO2)sc1C. The molecule has 1 aromatic heterocycles. The van der Waals surface area contributed by atoms with E-state index in [9.17, 15) is 4.79 Å². The van der Waals surface area contributed by atoms with Crippen LogP contribution in [0.1, 0.15) is 40.9 Å². The van der Waals surface area contributed by atoms with Gasteiger partial charge in [-0.3, -0.25) is 9.69 Å². The minimum atomic E-state index is 0.0254. The van der Waals surface area contributed by atoms with E-state index >= 15 is 0 Å². The molecule has 0 radical (unpaired) electrons. The Balaban J connectivity index is 1.82. The van der Waals surface area contributed by atoms with Crippen molar-refractivity contribution in [1.29, 1.82) is 0 Å². The van der Waals surface area contributed by atoms with E-state index in [0.717, 1.165) is 37.5 Å². The average Bonchev–Trinajstić information content (AvgIpc) is 2.85. The molecule has 0 aromatic carbocycles. The predicted octanol–water partition coefficient (Wildman–Crippen LogP) is 2.71. The normalized spacial score (nSPS) is 19.6. The summed E-state index contributed by atoms with van der Waals surface area (Å²) in [5, 5.41) is 3.03. The summed E-state index contributed by atoms with van der Waals surface area (Å²) < 4.78 is 5.77. The molecule has 1 aliphatic heterocycles. The van der Waals surface area contributed by atoms with Crippen LogP contribution < -0.4 is 5.32 Å². The maximum atomic E-state index is 12.3. The Hall–Kier alpha value is -0.910. The molecule has 1 amide bonds. The van der Waals surface area contributed by atoms with Gasteiger partial charge in [0.25, 0.3) is 5.91 Å². The average molecular weight is 324 g/mol. The first kappa shape index (κ1) is 17.4. The third kappa shape index (κ3) is 4.80. The maximum absolute atomic E-state index is 12.3. The van der Waals surface area contributed by atoms with Crippen LogP contribution in [0.15, 0.2) is 6.07 Å². The minimum absolute atomic E-state index is 0.0254. The van der Waals surface area contributed by atoms with E-state index < -0.39 is 0 Å². The van der Waals surface area contributed by atoms with E-state index in [1.807, 2.05) is 6.07 Å². The minimum Gasteiger partial charge on any atom is -0.374 e. The van der Waals surface area contributed by atoms with Crippen LogP contribution in [0.4, 0.5) is 0 Å². The molecule has 2 rings (SSSR count). The molecule has 1 atom stereocenters. The van der Waals surface area contributed by atoms with E-state index in [2.05, 4.69) is 37.9 Å². The molecule has 1 saturated heterocycles. The fraction of sp³-hybridized carbons (Fsp3) is 0.706. The van der Waals surface area contributed by atoms with Gasteiger partial charge in [-0.1, -0.05) is 20.8 Å². The fourth-order valence-corrected chi connectivity index (χ4v) is 3.89. The first-order chi connectivity index (χ1) is 10.5. The molecular formula is C17H28N2O2S. The van der Waals surface area contributed by atoms with Gasteiger partial charge in [0.05, 0.1) is 17.6 Å². The summed E-state index contributed by atoms with van der Waals surface area (Å²) in [6.45, 7) is 13.0. The van der Waals surface area contributed by atoms with E-state index in [1.54, 1.807) is 11.3 Å². The number of thiophene rings is 1. The fourth-order valence-electron chi connectivity index (χ4n) is 2.86. The predicted molar refractivity (Wildman–Crippen MR) is 91.8 cm³/mol. The van der Waals surface area contributed by atoms with Crippen LogP contribution in [0.25, 0.3) is 0 Å². The van der Waals surface area contributed by atoms with Gasteiger partial charge in [-0.05, 0) is 30.9 Å². The molecule has 0 spiro atoms. The summed E-state index contributed by atoms with van der Waals surface area (Å²) in [5.74, 6) is 0.687. The summed E-state index contributed by atoms with van der Waals surface area (Å²) in [4.78, 5) is 16.7. The Morgan fingerprint density at radius 1 is 1.55 bits per heavy atom. The summed E-state index contributed by atoms with van der Waals surface area (Å²) in [7, 11) is 0. The highest BCUT2D eigenvalue weighted by molar-refractivity contribution is 7.14. The lowest BCUT2D eigenvalue weighted by Crippen LogP contribution is -2.48. The number of carbonyl (C=O) groups is 1. The molecule has 22 heavy (non-hydrogen) atoms. The topological polar surface area (TPSA) is 41.6 Å². The molecule has 1 fully saturated rings. The summed E-state index contributed by atoms with van der Waals surface area (Å²) in [6.07, 6.45) is 1.08. The molecule has 0 bridgehead atoms. The number of rotatable bonds is 6. The third-order valence-corrected chi connectivity index (χ3v) is 5.05. The highest BCUT2D eigenvalue weighted by atomic mass is 32.1. The Morgan fingerprint density at radius 3 is 2.95 bits per heavy atom. The molecule has 1 unspecified atom stereocenters. The van der Waals surface area contributed by atoms with Gasteiger partial charge in [-0.25, -0.2) is 0 Å². The Kier molecular flexibility index (Phi) is 6.41. The van der Waals surface area contributed by atoms with Gasteiger partial charge in [0, 0.05) is 31.1 Å². The second kappa shape index (κ2) is 8.09. The van der Waals surface area contributed by atoms with E-state index in [1.165, 1.54) is 10.4 Å². The molecule has 5 heteroatoms. The van der Waals surface area contributed by atoms with Crippen LogP contribution in [-0.2, 0) is 11.2 Å². The van der Waals surface area contributed by atoms with Gasteiger partial charge in [0.15, 0.2) is 0 Å². The first-order valence-corrected chi connectivity index (χ1v) is 9.02. The van der Waals surface area contributed by atoms with Crippen LogP contribution in [0.3, 0.4) is 0 Å². The van der Waals surface area contributed by atoms with Crippen molar-refractivity contribution in [2.24, 2.45) is 5.92 Å². The van der Waals surface area contributed by atoms with Crippen molar-refractivity contribution in [3.8, 4) is 0 Å². The van der Waals surface area contributed by atoms with Gasteiger partial charge in [0.1, 0.15) is 0 Å². The zero-order chi connectivity index (χ0) is 16.1. The van der Waals surface area contributed by atoms with Gasteiger partial charge in [0.2, 0.25) is 0 Å². The van der Waals surface area contributed by atoms with Crippen LogP contribution in [0, 0.1) is 12.8 Å². The van der Waals surface area contributed by atoms with Gasteiger partial charge in [-0.15, -0.1) is 11.3 Å². The summed E-state index contributed by atoms with van der Waals surface area (Å²) >= 11 is 1.58. The second-order valence-electron chi connectivity index (χ2n) is 6.40. The monoisotopic (exact) mass is 324 g/mol. The van der Waals surface area contributed by atoms with Gasteiger partial charge >= 0.3 is 0 Å². The number of nitrogens with one attached hydrogen (secondary N) is 1. The number of carbonyl (C=O) groups excluding carboxylic acids is 1. The second-order valence-corrected chi connectivity index (χ2v) is 7.66. The third-order valence-electron chi connectivity index (χ3n) is 3.96. The Morgan fingerprint density at radius 2 is 2.32 bits per heavy atom. The summed E-state index contributed by atoms with van der Waals surface area (Å²) in [6, 6.07) is 2.02. The van der Waals surface area contributed by atoms with Crippen molar-refractivity contribution in [2.75, 3.05) is 32.8 Å². The van der Waals surface area contributed by atoms with Crippen molar-refractivity contribution >= 4 is 17.2 Å². The number of amides is 1. The lowest BCUT2D eigenvalue weighted by Gasteiger charge is -2.33. The molecule has 4 nitrogen and oxygen atoms in total. The van der Waals surface area contributed by atoms with E-state index in [-0.39, 0.29) is 12.0 Å². The molecule has 1 N–H and O–H groups in total. The number of ether oxygens (including phenoxy) is 1. The molecule has 124 valence electrons. The standard InChI is InChI=1S/C17H28N2O2S/c1-5-14-8-16(22-13(14)4)17(20)18-9-15-11-19(6-7-21-15)10-12(2)3/h8,12,15H,5-7,9-11H2,1-4H3,(H,18,20). The van der Waals surface area contributed by atoms with E-state index in [0.29, 0.717) is 12.5 Å². The van der Waals surface area contributed by atoms with Crippen LogP contribution in [-0.4, -0.2) is 49.7 Å². The van der Waals surface area contributed by atoms with Gasteiger partial charge < -0.3 is 10.1 Å². The highest BCUT2D eigenvalue weighted by Crippen LogP contribution is 2.21.